The summed E-state index contributed by atoms with van der Waals surface area (Å²) in [6.45, 7) is 96.2. The first-order valence-corrected chi connectivity index (χ1v) is 66.9. The Morgan fingerprint density at radius 2 is 0.541 bits per heavy atom. The zero-order valence-electron chi connectivity index (χ0n) is 98.1. The molecule has 11 N–H and O–H groups in total. The number of phosphoric acid groups is 6. The highest BCUT2D eigenvalue weighted by Crippen LogP contribution is 2.68. The van der Waals surface area contributed by atoms with Gasteiger partial charge >= 0.3 is 53.1 Å². The highest BCUT2D eigenvalue weighted by Gasteiger charge is 2.64. The van der Waals surface area contributed by atoms with E-state index in [-0.39, 0.29) is 23.7 Å². The number of carbonyl (C=O) groups is 1. The van der Waals surface area contributed by atoms with E-state index in [2.05, 4.69) is 273 Å². The van der Waals surface area contributed by atoms with Crippen LogP contribution < -0.4 is 0 Å². The molecule has 4 fully saturated rings. The van der Waals surface area contributed by atoms with Crippen molar-refractivity contribution in [3.8, 4) is 0 Å². The Kier molecular flexibility index (Phi) is 90.7. The van der Waals surface area contributed by atoms with E-state index in [9.17, 15) is 86.0 Å². The van der Waals surface area contributed by atoms with Crippen molar-refractivity contribution in [3.63, 3.8) is 0 Å². The first-order chi connectivity index (χ1) is 68.7. The largest absolute Gasteiger partial charge is 0.532 e. The second kappa shape index (κ2) is 87.3. The minimum absolute atomic E-state index is 0.200. The molecule has 0 bridgehead atoms. The molecule has 0 aromatic rings. The van der Waals surface area contributed by atoms with Crippen LogP contribution in [0.3, 0.4) is 0 Å². The zero-order valence-corrected chi connectivity index (χ0v) is 103. The van der Waals surface area contributed by atoms with Crippen molar-refractivity contribution >= 4 is 53.1 Å². The summed E-state index contributed by atoms with van der Waals surface area (Å²) < 4.78 is 110. The average Bonchev–Trinajstić information content (AvgIpc) is 1.54. The average molecular weight is 2220 g/mol. The van der Waals surface area contributed by atoms with Gasteiger partial charge in [0.25, 0.3) is 0 Å². The van der Waals surface area contributed by atoms with E-state index < -0.39 is 95.8 Å². The highest BCUT2D eigenvalue weighted by molar-refractivity contribution is 7.48. The smallest absolute Gasteiger partial charge is 0.430 e. The monoisotopic (exact) mass is 2220 g/mol. The van der Waals surface area contributed by atoms with Gasteiger partial charge in [0.2, 0.25) is 0 Å². The molecule has 880 valence electrons. The summed E-state index contributed by atoms with van der Waals surface area (Å²) in [6.07, 6.45) is 20.9. The van der Waals surface area contributed by atoms with Crippen LogP contribution in [-0.2, 0) is 63.8 Å². The first-order valence-electron chi connectivity index (χ1n) is 57.8. The molecule has 0 saturated heterocycles. The molecule has 0 aliphatic heterocycles. The van der Waals surface area contributed by atoms with Crippen LogP contribution in [0.25, 0.3) is 0 Å². The fourth-order valence-corrected chi connectivity index (χ4v) is 25.7. The molecule has 146 heavy (non-hydrogen) atoms. The molecule has 5 aliphatic rings. The lowest BCUT2D eigenvalue weighted by molar-refractivity contribution is -0.202. The summed E-state index contributed by atoms with van der Waals surface area (Å²) in [5.41, 5.74) is 1.00. The van der Waals surface area contributed by atoms with E-state index in [1.54, 1.807) is 0 Å². The van der Waals surface area contributed by atoms with Crippen molar-refractivity contribution in [1.82, 2.24) is 39.2 Å². The second-order valence-corrected chi connectivity index (χ2v) is 49.0. The molecule has 11 unspecified atom stereocenters. The van der Waals surface area contributed by atoms with Gasteiger partial charge < -0.3 is 97.4 Å². The van der Waals surface area contributed by atoms with Gasteiger partial charge in [-0.3, -0.25) is 32.0 Å². The van der Waals surface area contributed by atoms with E-state index in [1.165, 1.54) is 337 Å². The summed E-state index contributed by atoms with van der Waals surface area (Å²) in [5, 5.41) is 0. The lowest BCUT2D eigenvalue weighted by atomic mass is 9.47. The molecule has 0 aromatic carbocycles. The van der Waals surface area contributed by atoms with Crippen LogP contribution in [-0.4, -0.2) is 299 Å². The normalized spacial score (nSPS) is 22.6. The Hall–Kier alpha value is -0.610. The van der Waals surface area contributed by atoms with Crippen LogP contribution in [0.1, 0.15) is 426 Å². The number of phosphoric ester groups is 6. The number of ether oxygens (including phenoxy) is 1. The molecule has 5 aliphatic carbocycles. The van der Waals surface area contributed by atoms with Gasteiger partial charge in [0.05, 0.1) is 0 Å². The van der Waals surface area contributed by atoms with Gasteiger partial charge in [-0.25, -0.2) is 32.2 Å². The van der Waals surface area contributed by atoms with Gasteiger partial charge in [-0.2, -0.15) is 0 Å². The number of carbonyl (C=O) groups excluding carboxylic acids is 1. The molecule has 13 atom stereocenters. The standard InChI is InChI=1S/C34H62O26P6.8C9H21N/c1-18(2)7-6-8-19(3)23-11-12-24-22-10-9-20-17-21(13-15-33(20,4)25(22)14-16-34(23,24)5)53-32(35)60-66(51,52)59-31-29(57-64(45,46)47)27(55-62(39,40)41)26(54-61(36,37)38)28(56-63(42,43)44)30(31)58-65(48,49)50;8*1-4-7-10(8-5-2)9-6-3/h9,18-19,21-31H,6-8,10-17H2,1-5H3,(H,51,52)(H2,36,37,38)(H2,39,40,41)(H2,42,43,44)(H2,45,46,47)(H2,48,49,50);8*4-9H2,1-3H3/t19-,21-,22?,23?,24?,25?,26?,27?,28?,29?,30?,31?,33?,34?;;;;;;;;/m0......../s1. The Labute approximate surface area is 893 Å². The van der Waals surface area contributed by atoms with Gasteiger partial charge in [0, 0.05) is 6.42 Å². The van der Waals surface area contributed by atoms with Gasteiger partial charge in [0.15, 0.2) is 0 Å². The predicted octanol–water partition coefficient (Wildman–Crippen LogP) is 25.6. The van der Waals surface area contributed by atoms with Gasteiger partial charge in [0.1, 0.15) is 42.7 Å². The number of hydrogen-bond acceptors (Lipinski definition) is 23. The van der Waals surface area contributed by atoms with Gasteiger partial charge in [-0.1, -0.05) is 232 Å². The van der Waals surface area contributed by atoms with Crippen molar-refractivity contribution in [3.05, 3.63) is 11.6 Å². The minimum atomic E-state index is -6.26. The Bertz CT molecular complexity index is 3060. The molecule has 0 radical (unpaired) electrons. The highest BCUT2D eigenvalue weighted by atomic mass is 31.2. The Morgan fingerprint density at radius 1 is 0.315 bits per heavy atom. The van der Waals surface area contributed by atoms with E-state index in [0.29, 0.717) is 41.9 Å². The third-order valence-electron chi connectivity index (χ3n) is 27.2. The van der Waals surface area contributed by atoms with Gasteiger partial charge in [-0.15, -0.1) is 0 Å². The van der Waals surface area contributed by atoms with Crippen molar-refractivity contribution in [1.29, 1.82) is 0 Å². The van der Waals surface area contributed by atoms with Crippen molar-refractivity contribution in [2.24, 2.45) is 46.3 Å². The maximum atomic E-state index is 13.5. The van der Waals surface area contributed by atoms with Crippen molar-refractivity contribution in [2.45, 2.75) is 468 Å². The topological polar surface area (TPSA) is 442 Å². The van der Waals surface area contributed by atoms with E-state index in [0.717, 1.165) is 31.3 Å². The predicted molar refractivity (Wildman–Crippen MR) is 602 cm³/mol. The molecule has 0 amide bonds. The SMILES string of the molecule is CC(C)CCC[C@H](C)C1CCC2C3CC=C4C[C@@H](OC(=O)OP(=O)(O)OC5C(OP(=O)(O)O)C(OP(=O)(O)O)C(OP(=O)(O)O)C(OP(=O)(O)O)C5OP(=O)(O)O)CCC4(C)C3CCC21C.CCCN(CCC)CCC.CCCN(CCC)CCC.CCCN(CCC)CCC.CCCN(CCC)CCC.CCCN(CCC)CCC.CCCN(CCC)CCC.CCCN(CCC)CCC.CCCN(CCC)CCC. The lowest BCUT2D eigenvalue weighted by Crippen LogP contribution is -2.66. The second-order valence-electron chi connectivity index (χ2n) is 41.7. The summed E-state index contributed by atoms with van der Waals surface area (Å²) in [6, 6.07) is 0. The number of fused-ring (bicyclic) bond motifs is 5. The molecule has 5 rings (SSSR count). The Morgan fingerprint density at radius 3 is 0.753 bits per heavy atom. The summed E-state index contributed by atoms with van der Waals surface area (Å²) in [4.78, 5) is 141. The van der Waals surface area contributed by atoms with Crippen LogP contribution in [0, 0.1) is 46.3 Å². The maximum Gasteiger partial charge on any atom is 0.532 e. The van der Waals surface area contributed by atoms with E-state index >= 15 is 0 Å². The van der Waals surface area contributed by atoms with E-state index in [4.69, 9.17) is 9.26 Å². The van der Waals surface area contributed by atoms with Crippen LogP contribution in [0.5, 0.6) is 0 Å². The molecule has 0 heterocycles. The molecular weight excluding hydrogens is 1990 g/mol. The molecule has 0 spiro atoms. The summed E-state index contributed by atoms with van der Waals surface area (Å²) in [5.74, 6) is 3.30. The third kappa shape index (κ3) is 71.0. The molecular formula is C106H230N8O26P6. The number of hydrogen-bond donors (Lipinski definition) is 11. The fraction of sp³-hybridized carbons (Fsp3) is 0.972. The fourth-order valence-electron chi connectivity index (χ4n) is 22.1. The first kappa shape index (κ1) is 152. The summed E-state index contributed by atoms with van der Waals surface area (Å²) >= 11 is 0. The molecule has 4 saturated carbocycles. The van der Waals surface area contributed by atoms with Crippen LogP contribution in [0.4, 0.5) is 4.79 Å². The molecule has 40 heteroatoms. The van der Waals surface area contributed by atoms with Gasteiger partial charge in [-0.05, 0) is 402 Å². The van der Waals surface area contributed by atoms with Crippen molar-refractivity contribution in [2.75, 3.05) is 157 Å². The molecule has 34 nitrogen and oxygen atoms in total. The lowest BCUT2D eigenvalue weighted by Gasteiger charge is -2.58. The summed E-state index contributed by atoms with van der Waals surface area (Å²) in [7, 11) is -37.0. The Balaban J connectivity index is -0.000000997. The maximum absolute atomic E-state index is 13.5. The van der Waals surface area contributed by atoms with Crippen LogP contribution in [0.2, 0.25) is 0 Å². The van der Waals surface area contributed by atoms with Crippen LogP contribution in [0.15, 0.2) is 11.6 Å². The molecule has 0 aromatic heterocycles. The van der Waals surface area contributed by atoms with E-state index in [1.807, 2.05) is 0 Å². The number of allylic oxidation sites excluding steroid dienone is 1. The quantitative estimate of drug-likeness (QED) is 0.0153. The third-order valence-corrected chi connectivity index (χ3v) is 30.6. The zero-order chi connectivity index (χ0) is 112. The number of nitrogens with zero attached hydrogens (tertiary/aromatic N) is 8. The van der Waals surface area contributed by atoms with Crippen LogP contribution >= 0.6 is 46.9 Å². The minimum Gasteiger partial charge on any atom is -0.430 e. The number of rotatable bonds is 67. The van der Waals surface area contributed by atoms with Crippen molar-refractivity contribution < 1.29 is 122 Å².